The van der Waals surface area contributed by atoms with Crippen molar-refractivity contribution in [2.45, 2.75) is 0 Å². The molecule has 0 amide bonds. The zero-order chi connectivity index (χ0) is 13.2. The Morgan fingerprint density at radius 1 is 0.947 bits per heavy atom. The summed E-state index contributed by atoms with van der Waals surface area (Å²) in [4.78, 5) is 8.61. The van der Waals surface area contributed by atoms with Gasteiger partial charge in [0.15, 0.2) is 0 Å². The van der Waals surface area contributed by atoms with Gasteiger partial charge in [-0.05, 0) is 18.2 Å². The fourth-order valence-corrected chi connectivity index (χ4v) is 2.14. The highest BCUT2D eigenvalue weighted by Crippen LogP contribution is 2.33. The highest BCUT2D eigenvalue weighted by Gasteiger charge is 2.11. The van der Waals surface area contributed by atoms with Crippen LogP contribution in [0.2, 0.25) is 0 Å². The van der Waals surface area contributed by atoms with E-state index in [0.717, 1.165) is 27.9 Å². The molecule has 0 fully saturated rings. The topological polar surface area (TPSA) is 61.0 Å². The van der Waals surface area contributed by atoms with Gasteiger partial charge in [-0.3, -0.25) is 0 Å². The molecular weight excluding hydrogens is 238 g/mol. The van der Waals surface area contributed by atoms with Crippen LogP contribution in [0, 0.1) is 0 Å². The van der Waals surface area contributed by atoms with Gasteiger partial charge >= 0.3 is 0 Å². The van der Waals surface area contributed by atoms with E-state index in [2.05, 4.69) is 9.97 Å². The summed E-state index contributed by atoms with van der Waals surface area (Å²) in [6.45, 7) is 0. The van der Waals surface area contributed by atoms with Crippen molar-refractivity contribution in [1.82, 2.24) is 9.97 Å². The Bertz CT molecular complexity index is 740. The molecule has 2 aromatic carbocycles. The predicted octanol–water partition coefficient (Wildman–Crippen LogP) is 2.89. The van der Waals surface area contributed by atoms with Crippen LogP contribution in [0.4, 0.5) is 5.95 Å². The quantitative estimate of drug-likeness (QED) is 0.760. The molecule has 0 saturated heterocycles. The predicted molar refractivity (Wildman–Crippen MR) is 75.9 cm³/mol. The normalized spacial score (nSPS) is 10.6. The second-order valence-electron chi connectivity index (χ2n) is 4.15. The minimum Gasteiger partial charge on any atom is -0.496 e. The zero-order valence-electron chi connectivity index (χ0n) is 10.5. The maximum absolute atomic E-state index is 5.79. The van der Waals surface area contributed by atoms with Gasteiger partial charge < -0.3 is 10.5 Å². The first-order valence-electron chi connectivity index (χ1n) is 5.95. The molecule has 0 bridgehead atoms. The van der Waals surface area contributed by atoms with Crippen LogP contribution in [-0.2, 0) is 0 Å². The van der Waals surface area contributed by atoms with Crippen molar-refractivity contribution in [3.8, 4) is 17.0 Å². The largest absolute Gasteiger partial charge is 0.496 e. The fourth-order valence-electron chi connectivity index (χ4n) is 2.14. The van der Waals surface area contributed by atoms with Gasteiger partial charge in [-0.25, -0.2) is 9.97 Å². The number of anilines is 1. The van der Waals surface area contributed by atoms with Crippen LogP contribution >= 0.6 is 0 Å². The van der Waals surface area contributed by atoms with Gasteiger partial charge in [-0.2, -0.15) is 0 Å². The third-order valence-electron chi connectivity index (χ3n) is 2.98. The first-order valence-corrected chi connectivity index (χ1v) is 5.95. The molecule has 3 aromatic rings. The number of methoxy groups -OCH3 is 1. The van der Waals surface area contributed by atoms with E-state index in [1.54, 1.807) is 7.11 Å². The molecule has 1 aromatic heterocycles. The van der Waals surface area contributed by atoms with E-state index in [-0.39, 0.29) is 5.95 Å². The Kier molecular flexibility index (Phi) is 2.76. The number of hydrogen-bond donors (Lipinski definition) is 1. The number of nitrogens with zero attached hydrogens (tertiary/aromatic N) is 2. The standard InChI is InChI=1S/C15H13N3O/c1-19-13-9-5-3-7-11(13)14-10-6-2-4-8-12(10)17-15(16)18-14/h2-9H,1H3,(H2,16,17,18). The summed E-state index contributed by atoms with van der Waals surface area (Å²) in [5.74, 6) is 1.03. The summed E-state index contributed by atoms with van der Waals surface area (Å²) in [5, 5.41) is 0.959. The second-order valence-corrected chi connectivity index (χ2v) is 4.15. The van der Waals surface area contributed by atoms with Crippen molar-refractivity contribution in [3.05, 3.63) is 48.5 Å². The van der Waals surface area contributed by atoms with Crippen LogP contribution < -0.4 is 10.5 Å². The summed E-state index contributed by atoms with van der Waals surface area (Å²) in [6.07, 6.45) is 0. The van der Waals surface area contributed by atoms with E-state index in [9.17, 15) is 0 Å². The Labute approximate surface area is 110 Å². The molecule has 3 rings (SSSR count). The molecule has 4 heteroatoms. The number of aromatic nitrogens is 2. The van der Waals surface area contributed by atoms with Crippen LogP contribution in [0.1, 0.15) is 0 Å². The van der Waals surface area contributed by atoms with Gasteiger partial charge in [0.1, 0.15) is 5.75 Å². The Hall–Kier alpha value is -2.62. The molecule has 0 spiro atoms. The van der Waals surface area contributed by atoms with Gasteiger partial charge in [0, 0.05) is 10.9 Å². The molecule has 0 radical (unpaired) electrons. The average Bonchev–Trinajstić information content (AvgIpc) is 2.46. The number of fused-ring (bicyclic) bond motifs is 1. The van der Waals surface area contributed by atoms with E-state index >= 15 is 0 Å². The van der Waals surface area contributed by atoms with E-state index in [1.165, 1.54) is 0 Å². The third kappa shape index (κ3) is 1.97. The maximum atomic E-state index is 5.79. The minimum absolute atomic E-state index is 0.264. The van der Waals surface area contributed by atoms with Crippen molar-refractivity contribution in [1.29, 1.82) is 0 Å². The van der Waals surface area contributed by atoms with Gasteiger partial charge in [0.2, 0.25) is 5.95 Å². The number of benzene rings is 2. The van der Waals surface area contributed by atoms with Crippen LogP contribution in [0.25, 0.3) is 22.2 Å². The lowest BCUT2D eigenvalue weighted by atomic mass is 10.1. The van der Waals surface area contributed by atoms with E-state index in [0.29, 0.717) is 0 Å². The fraction of sp³-hybridized carbons (Fsp3) is 0.0667. The molecule has 94 valence electrons. The second kappa shape index (κ2) is 4.57. The summed E-state index contributed by atoms with van der Waals surface area (Å²) in [6, 6.07) is 15.5. The van der Waals surface area contributed by atoms with Gasteiger partial charge in [-0.1, -0.05) is 30.3 Å². The smallest absolute Gasteiger partial charge is 0.221 e. The summed E-state index contributed by atoms with van der Waals surface area (Å²) < 4.78 is 5.39. The lowest BCUT2D eigenvalue weighted by Crippen LogP contribution is -1.99. The first-order chi connectivity index (χ1) is 9.29. The molecule has 0 aliphatic carbocycles. The maximum Gasteiger partial charge on any atom is 0.221 e. The SMILES string of the molecule is COc1ccccc1-c1nc(N)nc2ccccc12. The molecule has 2 N–H and O–H groups in total. The highest BCUT2D eigenvalue weighted by molar-refractivity contribution is 5.94. The van der Waals surface area contributed by atoms with Crippen LogP contribution in [0.3, 0.4) is 0 Å². The molecule has 0 aliphatic rings. The Morgan fingerprint density at radius 3 is 2.53 bits per heavy atom. The lowest BCUT2D eigenvalue weighted by Gasteiger charge is -2.10. The van der Waals surface area contributed by atoms with Crippen molar-refractivity contribution < 1.29 is 4.74 Å². The monoisotopic (exact) mass is 251 g/mol. The number of hydrogen-bond acceptors (Lipinski definition) is 4. The molecule has 0 aliphatic heterocycles. The van der Waals surface area contributed by atoms with Crippen molar-refractivity contribution in [2.24, 2.45) is 0 Å². The first kappa shape index (κ1) is 11.5. The van der Waals surface area contributed by atoms with Crippen molar-refractivity contribution in [2.75, 3.05) is 12.8 Å². The number of para-hydroxylation sites is 2. The average molecular weight is 251 g/mol. The molecule has 0 atom stereocenters. The minimum atomic E-state index is 0.264. The van der Waals surface area contributed by atoms with E-state index in [1.807, 2.05) is 48.5 Å². The summed E-state index contributed by atoms with van der Waals surface area (Å²) >= 11 is 0. The van der Waals surface area contributed by atoms with Crippen LogP contribution in [0.5, 0.6) is 5.75 Å². The highest BCUT2D eigenvalue weighted by atomic mass is 16.5. The van der Waals surface area contributed by atoms with Gasteiger partial charge in [-0.15, -0.1) is 0 Å². The lowest BCUT2D eigenvalue weighted by molar-refractivity contribution is 0.416. The van der Waals surface area contributed by atoms with Crippen molar-refractivity contribution >= 4 is 16.9 Å². The number of ether oxygens (including phenoxy) is 1. The Morgan fingerprint density at radius 2 is 1.68 bits per heavy atom. The third-order valence-corrected chi connectivity index (χ3v) is 2.98. The molecule has 1 heterocycles. The summed E-state index contributed by atoms with van der Waals surface area (Å²) in [5.41, 5.74) is 8.32. The van der Waals surface area contributed by atoms with Crippen LogP contribution in [-0.4, -0.2) is 17.1 Å². The summed E-state index contributed by atoms with van der Waals surface area (Å²) in [7, 11) is 1.64. The van der Waals surface area contributed by atoms with Crippen molar-refractivity contribution in [3.63, 3.8) is 0 Å². The molecule has 0 unspecified atom stereocenters. The number of nitrogen functional groups attached to an aromatic ring is 1. The van der Waals surface area contributed by atoms with E-state index < -0.39 is 0 Å². The molecule has 19 heavy (non-hydrogen) atoms. The Balaban J connectivity index is 2.36. The molecule has 4 nitrogen and oxygen atoms in total. The number of rotatable bonds is 2. The van der Waals surface area contributed by atoms with E-state index in [4.69, 9.17) is 10.5 Å². The zero-order valence-corrected chi connectivity index (χ0v) is 10.5. The van der Waals surface area contributed by atoms with Gasteiger partial charge in [0.25, 0.3) is 0 Å². The number of nitrogens with two attached hydrogens (primary N) is 1. The van der Waals surface area contributed by atoms with Crippen LogP contribution in [0.15, 0.2) is 48.5 Å². The molecular formula is C15H13N3O. The van der Waals surface area contributed by atoms with Gasteiger partial charge in [0.05, 0.1) is 18.3 Å². The molecule has 0 saturated carbocycles.